The van der Waals surface area contributed by atoms with Gasteiger partial charge in [-0.3, -0.25) is 4.55 Å². The van der Waals surface area contributed by atoms with Crippen LogP contribution in [0.1, 0.15) is 20.7 Å². The summed E-state index contributed by atoms with van der Waals surface area (Å²) in [7, 11) is -4.63. The molecule has 142 valence electrons. The third-order valence-electron chi connectivity index (χ3n) is 4.17. The Morgan fingerprint density at radius 3 is 1.54 bits per heavy atom. The van der Waals surface area contributed by atoms with Gasteiger partial charge in [-0.25, -0.2) is 9.59 Å². The topological polar surface area (TPSA) is 129 Å². The van der Waals surface area contributed by atoms with Crippen LogP contribution >= 0.6 is 0 Å². The van der Waals surface area contributed by atoms with Gasteiger partial charge in [0, 0.05) is 5.56 Å². The Balaban J connectivity index is 2.02. The average molecular weight is 398 g/mol. The first-order valence-electron chi connectivity index (χ1n) is 7.96. The molecular formula is C20H14O7S. The van der Waals surface area contributed by atoms with E-state index in [0.29, 0.717) is 5.56 Å². The van der Waals surface area contributed by atoms with Crippen molar-refractivity contribution in [3.05, 3.63) is 77.9 Å². The van der Waals surface area contributed by atoms with Crippen LogP contribution in [-0.2, 0) is 10.1 Å². The second-order valence-electron chi connectivity index (χ2n) is 5.95. The van der Waals surface area contributed by atoms with Crippen molar-refractivity contribution in [3.8, 4) is 22.3 Å². The van der Waals surface area contributed by atoms with Gasteiger partial charge in [-0.15, -0.1) is 0 Å². The molecule has 0 spiro atoms. The molecule has 0 aromatic heterocycles. The molecule has 0 heterocycles. The minimum atomic E-state index is -4.63. The minimum Gasteiger partial charge on any atom is -0.478 e. The molecule has 28 heavy (non-hydrogen) atoms. The number of carbonyl (C=O) groups is 2. The van der Waals surface area contributed by atoms with E-state index in [1.807, 2.05) is 0 Å². The number of aromatic carboxylic acids is 2. The number of carboxylic acid groups (broad SMARTS) is 2. The van der Waals surface area contributed by atoms with Crippen LogP contribution in [0.4, 0.5) is 0 Å². The zero-order valence-corrected chi connectivity index (χ0v) is 15.1. The second-order valence-corrected chi connectivity index (χ2v) is 7.34. The van der Waals surface area contributed by atoms with Gasteiger partial charge in [-0.1, -0.05) is 42.5 Å². The highest BCUT2D eigenvalue weighted by molar-refractivity contribution is 7.86. The molecule has 3 rings (SSSR count). The summed E-state index contributed by atoms with van der Waals surface area (Å²) < 4.78 is 32.9. The van der Waals surface area contributed by atoms with Crippen LogP contribution in [-0.4, -0.2) is 35.1 Å². The summed E-state index contributed by atoms with van der Waals surface area (Å²) in [5.41, 5.74) is 2.09. The quantitative estimate of drug-likeness (QED) is 0.559. The summed E-state index contributed by atoms with van der Waals surface area (Å²) in [6.07, 6.45) is 0. The fourth-order valence-electron chi connectivity index (χ4n) is 2.75. The molecule has 0 radical (unpaired) electrons. The van der Waals surface area contributed by atoms with E-state index in [-0.39, 0.29) is 16.7 Å². The molecule has 0 bridgehead atoms. The first-order chi connectivity index (χ1) is 13.2. The van der Waals surface area contributed by atoms with Crippen molar-refractivity contribution in [2.24, 2.45) is 0 Å². The zero-order valence-electron chi connectivity index (χ0n) is 14.2. The Labute approximate surface area is 160 Å². The summed E-state index contributed by atoms with van der Waals surface area (Å²) in [5.74, 6) is -2.33. The van der Waals surface area contributed by atoms with Gasteiger partial charge in [-0.05, 0) is 41.0 Å². The van der Waals surface area contributed by atoms with E-state index in [9.17, 15) is 22.6 Å². The van der Waals surface area contributed by atoms with Gasteiger partial charge in [0.05, 0.1) is 11.1 Å². The van der Waals surface area contributed by atoms with Crippen molar-refractivity contribution < 1.29 is 32.8 Å². The van der Waals surface area contributed by atoms with Gasteiger partial charge in [0.15, 0.2) is 0 Å². The molecule has 7 nitrogen and oxygen atoms in total. The Bertz CT molecular complexity index is 1160. The maximum absolute atomic E-state index is 11.7. The molecule has 0 unspecified atom stereocenters. The third-order valence-corrected chi connectivity index (χ3v) is 5.06. The summed E-state index contributed by atoms with van der Waals surface area (Å²) in [6, 6.07) is 16.4. The number of carboxylic acids is 2. The van der Waals surface area contributed by atoms with Crippen LogP contribution in [0.25, 0.3) is 22.3 Å². The highest BCUT2D eigenvalue weighted by Gasteiger charge is 2.19. The fraction of sp³-hybridized carbons (Fsp3) is 0. The van der Waals surface area contributed by atoms with Crippen LogP contribution in [0.2, 0.25) is 0 Å². The molecule has 0 fully saturated rings. The molecule has 0 amide bonds. The van der Waals surface area contributed by atoms with Crippen molar-refractivity contribution in [2.45, 2.75) is 4.90 Å². The molecule has 3 aromatic rings. The van der Waals surface area contributed by atoms with E-state index in [2.05, 4.69) is 0 Å². The monoisotopic (exact) mass is 398 g/mol. The predicted octanol–water partition coefficient (Wildman–Crippen LogP) is 3.66. The highest BCUT2D eigenvalue weighted by Crippen LogP contribution is 2.30. The van der Waals surface area contributed by atoms with Crippen molar-refractivity contribution in [2.75, 3.05) is 0 Å². The van der Waals surface area contributed by atoms with Gasteiger partial charge in [0.1, 0.15) is 4.90 Å². The molecule has 0 aliphatic heterocycles. The Morgan fingerprint density at radius 2 is 1.07 bits per heavy atom. The molecule has 8 heteroatoms. The second kappa shape index (κ2) is 7.26. The van der Waals surface area contributed by atoms with Gasteiger partial charge >= 0.3 is 11.9 Å². The van der Waals surface area contributed by atoms with Crippen LogP contribution < -0.4 is 0 Å². The molecule has 0 saturated carbocycles. The summed E-state index contributed by atoms with van der Waals surface area (Å²) in [5, 5.41) is 18.0. The summed E-state index contributed by atoms with van der Waals surface area (Å²) >= 11 is 0. The van der Waals surface area contributed by atoms with Gasteiger partial charge in [0.2, 0.25) is 0 Å². The lowest BCUT2D eigenvalue weighted by molar-refractivity contribution is 0.0686. The van der Waals surface area contributed by atoms with Crippen molar-refractivity contribution >= 4 is 22.1 Å². The van der Waals surface area contributed by atoms with E-state index in [1.165, 1.54) is 24.3 Å². The first-order valence-corrected chi connectivity index (χ1v) is 9.40. The smallest absolute Gasteiger partial charge is 0.335 e. The first kappa shape index (κ1) is 19.3. The van der Waals surface area contributed by atoms with Crippen LogP contribution in [0.15, 0.2) is 71.6 Å². The maximum atomic E-state index is 11.7. The minimum absolute atomic E-state index is 0.164. The summed E-state index contributed by atoms with van der Waals surface area (Å²) in [6.45, 7) is 0. The van der Waals surface area contributed by atoms with Crippen molar-refractivity contribution in [3.63, 3.8) is 0 Å². The van der Waals surface area contributed by atoms with E-state index < -0.39 is 27.0 Å². The molecular weight excluding hydrogens is 384 g/mol. The van der Waals surface area contributed by atoms with E-state index in [0.717, 1.165) is 17.2 Å². The largest absolute Gasteiger partial charge is 0.478 e. The Kier molecular flexibility index (Phi) is 5.00. The molecule has 3 aromatic carbocycles. The average Bonchev–Trinajstić information content (AvgIpc) is 2.67. The van der Waals surface area contributed by atoms with E-state index >= 15 is 0 Å². The lowest BCUT2D eigenvalue weighted by Crippen LogP contribution is -2.04. The summed E-state index contributed by atoms with van der Waals surface area (Å²) in [4.78, 5) is 21.5. The molecule has 3 N–H and O–H groups in total. The van der Waals surface area contributed by atoms with Crippen molar-refractivity contribution in [1.82, 2.24) is 0 Å². The highest BCUT2D eigenvalue weighted by atomic mass is 32.2. The van der Waals surface area contributed by atoms with Crippen molar-refractivity contribution in [1.29, 1.82) is 0 Å². The van der Waals surface area contributed by atoms with Gasteiger partial charge in [0.25, 0.3) is 10.1 Å². The lowest BCUT2D eigenvalue weighted by atomic mass is 9.99. The van der Waals surface area contributed by atoms with E-state index in [4.69, 9.17) is 10.2 Å². The normalized spacial score (nSPS) is 11.2. The molecule has 0 aliphatic rings. The zero-order chi connectivity index (χ0) is 20.5. The Hall–Kier alpha value is -3.49. The Morgan fingerprint density at radius 1 is 0.643 bits per heavy atom. The van der Waals surface area contributed by atoms with Crippen LogP contribution in [0.5, 0.6) is 0 Å². The SMILES string of the molecule is O=C(O)c1ccc(-c2ccc(-c3ccc(C(=O)O)cc3S(=O)(=O)O)cc2)cc1. The third kappa shape index (κ3) is 3.93. The van der Waals surface area contributed by atoms with Crippen LogP contribution in [0, 0.1) is 0 Å². The number of hydrogen-bond acceptors (Lipinski definition) is 4. The van der Waals surface area contributed by atoms with Gasteiger partial charge in [-0.2, -0.15) is 8.42 Å². The molecule has 0 atom stereocenters. The van der Waals surface area contributed by atoms with E-state index in [1.54, 1.807) is 36.4 Å². The van der Waals surface area contributed by atoms with Gasteiger partial charge < -0.3 is 10.2 Å². The number of rotatable bonds is 5. The number of hydrogen-bond donors (Lipinski definition) is 3. The molecule has 0 aliphatic carbocycles. The standard InChI is InChI=1S/C20H14O7S/c21-19(22)15-7-3-13(4-8-15)12-1-5-14(6-2-12)17-10-9-16(20(23)24)11-18(17)28(25,26)27/h1-11H,(H,21,22)(H,23,24)(H,25,26,27). The lowest BCUT2D eigenvalue weighted by Gasteiger charge is -2.10. The number of benzene rings is 3. The molecule has 0 saturated heterocycles. The maximum Gasteiger partial charge on any atom is 0.335 e. The predicted molar refractivity (Wildman–Crippen MR) is 101 cm³/mol. The van der Waals surface area contributed by atoms with Crippen LogP contribution in [0.3, 0.4) is 0 Å². The fourth-order valence-corrected chi connectivity index (χ4v) is 3.49.